The van der Waals surface area contributed by atoms with Crippen LogP contribution in [0.15, 0.2) is 46.9 Å². The van der Waals surface area contributed by atoms with Crippen LogP contribution in [0.3, 0.4) is 0 Å². The molecule has 0 saturated carbocycles. The van der Waals surface area contributed by atoms with Crippen LogP contribution in [0.25, 0.3) is 0 Å². The van der Waals surface area contributed by atoms with Gasteiger partial charge in [-0.15, -0.1) is 0 Å². The molecule has 4 nitrogen and oxygen atoms in total. The Labute approximate surface area is 222 Å². The normalized spacial score (nSPS) is 18.6. The maximum atomic E-state index is 13.2. The fourth-order valence-electron chi connectivity index (χ4n) is 6.20. The molecule has 1 aliphatic heterocycles. The molecule has 1 aromatic heterocycles. The van der Waals surface area contributed by atoms with Crippen molar-refractivity contribution in [3.63, 3.8) is 0 Å². The van der Waals surface area contributed by atoms with E-state index in [1.807, 2.05) is 17.0 Å². The second-order valence-corrected chi connectivity index (χ2v) is 12.6. The Morgan fingerprint density at radius 1 is 0.811 bits per heavy atom. The summed E-state index contributed by atoms with van der Waals surface area (Å²) in [6, 6.07) is 15.2. The Balaban J connectivity index is 1.28. The molecule has 2 aliphatic rings. The van der Waals surface area contributed by atoms with Crippen LogP contribution in [0.5, 0.6) is 0 Å². The lowest BCUT2D eigenvalue weighted by Crippen LogP contribution is -2.48. The van der Waals surface area contributed by atoms with Crippen molar-refractivity contribution >= 4 is 11.6 Å². The van der Waals surface area contributed by atoms with Crippen LogP contribution in [-0.2, 0) is 17.3 Å². The van der Waals surface area contributed by atoms with E-state index >= 15 is 0 Å². The number of carbonyl (C=O) groups excluding carboxylic acids is 1. The molecule has 0 radical (unpaired) electrons. The van der Waals surface area contributed by atoms with E-state index in [-0.39, 0.29) is 16.7 Å². The Morgan fingerprint density at radius 2 is 1.46 bits per heavy atom. The molecule has 1 amide bonds. The zero-order valence-electron chi connectivity index (χ0n) is 23.7. The maximum Gasteiger partial charge on any atom is 0.289 e. The van der Waals surface area contributed by atoms with Crippen molar-refractivity contribution < 1.29 is 9.21 Å². The van der Waals surface area contributed by atoms with Gasteiger partial charge in [0.15, 0.2) is 5.76 Å². The van der Waals surface area contributed by atoms with E-state index in [1.165, 1.54) is 51.9 Å². The summed E-state index contributed by atoms with van der Waals surface area (Å²) in [6.45, 7) is 19.0. The van der Waals surface area contributed by atoms with Crippen molar-refractivity contribution in [1.82, 2.24) is 4.90 Å². The number of benzene rings is 2. The van der Waals surface area contributed by atoms with Gasteiger partial charge in [0.25, 0.3) is 5.91 Å². The molecule has 0 atom stereocenters. The van der Waals surface area contributed by atoms with Crippen molar-refractivity contribution in [2.45, 2.75) is 78.6 Å². The molecular weight excluding hydrogens is 456 g/mol. The largest absolute Gasteiger partial charge is 0.456 e. The SMILES string of the molecule is Cc1ccc(N2CCN(C(=O)c3ccc(Cc4cc5c(cc4C)C(C)(C)CCC5(C)C)o3)CC2)c(C)c1. The highest BCUT2D eigenvalue weighted by Gasteiger charge is 2.37. The molecule has 37 heavy (non-hydrogen) atoms. The minimum absolute atomic E-state index is 0.00317. The minimum atomic E-state index is -0.00317. The van der Waals surface area contributed by atoms with Crippen molar-refractivity contribution in [3.8, 4) is 0 Å². The maximum absolute atomic E-state index is 13.2. The Morgan fingerprint density at radius 3 is 2.11 bits per heavy atom. The fourth-order valence-corrected chi connectivity index (χ4v) is 6.20. The number of piperazine rings is 1. The number of nitrogens with zero attached hydrogens (tertiary/aromatic N) is 2. The van der Waals surface area contributed by atoms with Gasteiger partial charge in [-0.1, -0.05) is 57.5 Å². The van der Waals surface area contributed by atoms with Crippen LogP contribution in [0.1, 0.15) is 90.2 Å². The van der Waals surface area contributed by atoms with Gasteiger partial charge in [0, 0.05) is 38.3 Å². The number of aryl methyl sites for hydroxylation is 3. The van der Waals surface area contributed by atoms with Crippen molar-refractivity contribution in [1.29, 1.82) is 0 Å². The van der Waals surface area contributed by atoms with E-state index in [4.69, 9.17) is 4.42 Å². The molecule has 2 aromatic carbocycles. The van der Waals surface area contributed by atoms with Crippen molar-refractivity contribution in [2.75, 3.05) is 31.1 Å². The molecule has 1 fully saturated rings. The molecule has 3 aromatic rings. The predicted octanol–water partition coefficient (Wildman–Crippen LogP) is 7.11. The molecule has 196 valence electrons. The third-order valence-corrected chi connectivity index (χ3v) is 8.81. The van der Waals surface area contributed by atoms with Crippen molar-refractivity contribution in [3.05, 3.63) is 87.4 Å². The van der Waals surface area contributed by atoms with E-state index in [0.717, 1.165) is 18.8 Å². The topological polar surface area (TPSA) is 36.7 Å². The summed E-state index contributed by atoms with van der Waals surface area (Å²) in [7, 11) is 0. The highest BCUT2D eigenvalue weighted by molar-refractivity contribution is 5.91. The summed E-state index contributed by atoms with van der Waals surface area (Å²) in [5.41, 5.74) is 9.77. The molecule has 0 spiro atoms. The summed E-state index contributed by atoms with van der Waals surface area (Å²) in [5, 5.41) is 0. The molecule has 0 N–H and O–H groups in total. The molecule has 1 saturated heterocycles. The van der Waals surface area contributed by atoms with Crippen LogP contribution < -0.4 is 4.90 Å². The van der Waals surface area contributed by atoms with Gasteiger partial charge in [-0.2, -0.15) is 0 Å². The van der Waals surface area contributed by atoms with Gasteiger partial charge in [-0.05, 0) is 90.5 Å². The summed E-state index contributed by atoms with van der Waals surface area (Å²) in [6.07, 6.45) is 3.13. The molecule has 0 bridgehead atoms. The highest BCUT2D eigenvalue weighted by atomic mass is 16.4. The van der Waals surface area contributed by atoms with Crippen LogP contribution >= 0.6 is 0 Å². The third kappa shape index (κ3) is 4.95. The molecule has 1 aliphatic carbocycles. The number of hydrogen-bond acceptors (Lipinski definition) is 3. The molecule has 0 unspecified atom stereocenters. The lowest BCUT2D eigenvalue weighted by atomic mass is 9.62. The van der Waals surface area contributed by atoms with Gasteiger partial charge in [0.05, 0.1) is 0 Å². The first-order chi connectivity index (χ1) is 17.4. The first-order valence-corrected chi connectivity index (χ1v) is 13.8. The third-order valence-electron chi connectivity index (χ3n) is 8.81. The Hall–Kier alpha value is -3.01. The van der Waals surface area contributed by atoms with Gasteiger partial charge in [-0.25, -0.2) is 0 Å². The van der Waals surface area contributed by atoms with E-state index in [2.05, 4.69) is 83.7 Å². The first-order valence-electron chi connectivity index (χ1n) is 13.8. The predicted molar refractivity (Wildman–Crippen MR) is 152 cm³/mol. The van der Waals surface area contributed by atoms with E-state index in [9.17, 15) is 4.79 Å². The standard InChI is InChI=1S/C33H42N2O2/c1-22-8-10-29(24(3)18-22)34-14-16-35(17-15-34)31(36)30-11-9-26(37-30)20-25-21-28-27(19-23(25)2)32(4,5)12-13-33(28,6)7/h8-11,18-19,21H,12-17,20H2,1-7H3. The van der Waals surface area contributed by atoms with E-state index < -0.39 is 0 Å². The second-order valence-electron chi connectivity index (χ2n) is 12.6. The minimum Gasteiger partial charge on any atom is -0.456 e. The molecule has 5 rings (SSSR count). The van der Waals surface area contributed by atoms with Crippen LogP contribution in [0.4, 0.5) is 5.69 Å². The monoisotopic (exact) mass is 498 g/mol. The number of carbonyl (C=O) groups is 1. The second kappa shape index (κ2) is 9.38. The number of hydrogen-bond donors (Lipinski definition) is 0. The highest BCUT2D eigenvalue weighted by Crippen LogP contribution is 2.46. The smallest absolute Gasteiger partial charge is 0.289 e. The summed E-state index contributed by atoms with van der Waals surface area (Å²) in [4.78, 5) is 17.6. The molecular formula is C33H42N2O2. The number of rotatable bonds is 4. The average Bonchev–Trinajstić information content (AvgIpc) is 3.31. The lowest BCUT2D eigenvalue weighted by molar-refractivity contribution is 0.0713. The zero-order valence-corrected chi connectivity index (χ0v) is 23.7. The Kier molecular flexibility index (Phi) is 6.50. The number of amides is 1. The van der Waals surface area contributed by atoms with E-state index in [1.54, 1.807) is 0 Å². The van der Waals surface area contributed by atoms with E-state index in [0.29, 0.717) is 25.3 Å². The van der Waals surface area contributed by atoms with Crippen LogP contribution in [0.2, 0.25) is 0 Å². The molecule has 2 heterocycles. The average molecular weight is 499 g/mol. The number of anilines is 1. The first kappa shape index (κ1) is 25.6. The zero-order chi connectivity index (χ0) is 26.5. The summed E-state index contributed by atoms with van der Waals surface area (Å²) >= 11 is 0. The number of furan rings is 1. The van der Waals surface area contributed by atoms with Gasteiger partial charge >= 0.3 is 0 Å². The quantitative estimate of drug-likeness (QED) is 0.385. The Bertz CT molecular complexity index is 1320. The van der Waals surface area contributed by atoms with Gasteiger partial charge in [0.1, 0.15) is 5.76 Å². The number of fused-ring (bicyclic) bond motifs is 1. The molecule has 4 heteroatoms. The van der Waals surface area contributed by atoms with Crippen LogP contribution in [-0.4, -0.2) is 37.0 Å². The van der Waals surface area contributed by atoms with Gasteiger partial charge in [0.2, 0.25) is 0 Å². The van der Waals surface area contributed by atoms with Crippen molar-refractivity contribution in [2.24, 2.45) is 0 Å². The van der Waals surface area contributed by atoms with Gasteiger partial charge < -0.3 is 14.2 Å². The summed E-state index contributed by atoms with van der Waals surface area (Å²) < 4.78 is 6.13. The van der Waals surface area contributed by atoms with Crippen LogP contribution in [0, 0.1) is 20.8 Å². The fraction of sp³-hybridized carbons (Fsp3) is 0.485. The van der Waals surface area contributed by atoms with Gasteiger partial charge in [-0.3, -0.25) is 4.79 Å². The summed E-state index contributed by atoms with van der Waals surface area (Å²) in [5.74, 6) is 1.30. The lowest BCUT2D eigenvalue weighted by Gasteiger charge is -2.42.